The van der Waals surface area contributed by atoms with Gasteiger partial charge >= 0.3 is 5.97 Å². The Morgan fingerprint density at radius 3 is 2.96 bits per heavy atom. The molecule has 3 heterocycles. The second kappa shape index (κ2) is 6.37. The zero-order valence-electron chi connectivity index (χ0n) is 13.4. The Morgan fingerprint density at radius 1 is 1.54 bits per heavy atom. The summed E-state index contributed by atoms with van der Waals surface area (Å²) in [5.41, 5.74) is -0.692. The number of carboxylic acid groups (broad SMARTS) is 1. The molecule has 0 saturated carbocycles. The van der Waals surface area contributed by atoms with Gasteiger partial charge in [-0.25, -0.2) is 4.98 Å². The van der Waals surface area contributed by atoms with Gasteiger partial charge in [0, 0.05) is 25.1 Å². The van der Waals surface area contributed by atoms with Gasteiger partial charge in [0.05, 0.1) is 12.9 Å². The van der Waals surface area contributed by atoms with Crippen molar-refractivity contribution < 1.29 is 23.8 Å². The van der Waals surface area contributed by atoms with Gasteiger partial charge in [0.2, 0.25) is 0 Å². The van der Waals surface area contributed by atoms with Crippen LogP contribution in [-0.2, 0) is 9.53 Å². The topological polar surface area (TPSA) is 92.9 Å². The van der Waals surface area contributed by atoms with Gasteiger partial charge in [0.25, 0.3) is 5.91 Å². The van der Waals surface area contributed by atoms with Crippen LogP contribution < -0.4 is 0 Å². The van der Waals surface area contributed by atoms with Crippen molar-refractivity contribution in [2.24, 2.45) is 5.41 Å². The van der Waals surface area contributed by atoms with E-state index in [0.29, 0.717) is 29.4 Å². The van der Waals surface area contributed by atoms with Crippen LogP contribution in [0, 0.1) is 12.3 Å². The first kappa shape index (κ1) is 16.7. The lowest BCUT2D eigenvalue weighted by molar-refractivity contribution is -0.151. The minimum atomic E-state index is -1.04. The SMILES string of the molecule is COCC1(C(=O)O)CCN(C(=O)c2nc(-c3ccco3)sc2C)C1. The van der Waals surface area contributed by atoms with Gasteiger partial charge in [-0.05, 0) is 25.5 Å². The third-order valence-corrected chi connectivity index (χ3v) is 5.23. The highest BCUT2D eigenvalue weighted by molar-refractivity contribution is 7.15. The molecule has 1 fully saturated rings. The summed E-state index contributed by atoms with van der Waals surface area (Å²) in [6.45, 7) is 2.41. The predicted octanol–water partition coefficient (Wildman–Crippen LogP) is 2.27. The van der Waals surface area contributed by atoms with E-state index in [4.69, 9.17) is 9.15 Å². The van der Waals surface area contributed by atoms with Crippen molar-refractivity contribution >= 4 is 23.2 Å². The quantitative estimate of drug-likeness (QED) is 0.889. The molecule has 8 heteroatoms. The smallest absolute Gasteiger partial charge is 0.313 e. The lowest BCUT2D eigenvalue weighted by Gasteiger charge is -2.23. The fraction of sp³-hybridized carbons (Fsp3) is 0.438. The number of rotatable bonds is 5. The molecular formula is C16H18N2O5S. The molecule has 0 aliphatic carbocycles. The molecule has 1 saturated heterocycles. The maximum atomic E-state index is 12.8. The normalized spacial score (nSPS) is 20.5. The van der Waals surface area contributed by atoms with Gasteiger partial charge < -0.3 is 19.2 Å². The van der Waals surface area contributed by atoms with Crippen molar-refractivity contribution in [3.63, 3.8) is 0 Å². The number of carboxylic acids is 1. The molecule has 1 amide bonds. The Hall–Kier alpha value is -2.19. The number of hydrogen-bond acceptors (Lipinski definition) is 6. The molecule has 0 radical (unpaired) electrons. The van der Waals surface area contributed by atoms with Crippen molar-refractivity contribution in [3.05, 3.63) is 29.0 Å². The van der Waals surface area contributed by atoms with Crippen molar-refractivity contribution in [1.82, 2.24) is 9.88 Å². The summed E-state index contributed by atoms with van der Waals surface area (Å²) in [5.74, 6) is -0.574. The largest absolute Gasteiger partial charge is 0.481 e. The number of likely N-dealkylation sites (tertiary alicyclic amines) is 1. The number of carbonyl (C=O) groups is 2. The van der Waals surface area contributed by atoms with Crippen LogP contribution in [0.5, 0.6) is 0 Å². The minimum Gasteiger partial charge on any atom is -0.481 e. The van der Waals surface area contributed by atoms with E-state index < -0.39 is 11.4 Å². The van der Waals surface area contributed by atoms with E-state index in [-0.39, 0.29) is 19.1 Å². The number of thiazole rings is 1. The molecule has 128 valence electrons. The van der Waals surface area contributed by atoms with Gasteiger partial charge in [-0.15, -0.1) is 11.3 Å². The summed E-state index contributed by atoms with van der Waals surface area (Å²) < 4.78 is 10.4. The van der Waals surface area contributed by atoms with Gasteiger partial charge in [-0.1, -0.05) is 0 Å². The Morgan fingerprint density at radius 2 is 2.33 bits per heavy atom. The Labute approximate surface area is 142 Å². The molecule has 0 spiro atoms. The van der Waals surface area contributed by atoms with E-state index in [0.717, 1.165) is 4.88 Å². The number of amides is 1. The second-order valence-electron chi connectivity index (χ2n) is 5.90. The number of hydrogen-bond donors (Lipinski definition) is 1. The van der Waals surface area contributed by atoms with Crippen LogP contribution in [0.4, 0.5) is 0 Å². The summed E-state index contributed by atoms with van der Waals surface area (Å²) in [6, 6.07) is 3.55. The molecule has 0 bridgehead atoms. The molecule has 3 rings (SSSR count). The van der Waals surface area contributed by atoms with Crippen LogP contribution >= 0.6 is 11.3 Å². The molecule has 2 aromatic heterocycles. The van der Waals surface area contributed by atoms with Crippen LogP contribution in [0.3, 0.4) is 0 Å². The van der Waals surface area contributed by atoms with Crippen molar-refractivity contribution in [1.29, 1.82) is 0 Å². The Kier molecular flexibility index (Phi) is 4.42. The lowest BCUT2D eigenvalue weighted by Crippen LogP contribution is -2.40. The molecule has 1 unspecified atom stereocenters. The average Bonchev–Trinajstić information content (AvgIpc) is 3.26. The monoisotopic (exact) mass is 350 g/mol. The molecule has 7 nitrogen and oxygen atoms in total. The summed E-state index contributed by atoms with van der Waals surface area (Å²) in [5, 5.41) is 10.1. The van der Waals surface area contributed by atoms with E-state index in [1.54, 1.807) is 23.3 Å². The van der Waals surface area contributed by atoms with E-state index in [1.807, 2.05) is 6.92 Å². The summed E-state index contributed by atoms with van der Waals surface area (Å²) in [4.78, 5) is 31.1. The number of methoxy groups -OCH3 is 1. The predicted molar refractivity (Wildman–Crippen MR) is 87.0 cm³/mol. The highest BCUT2D eigenvalue weighted by Gasteiger charge is 2.47. The first-order valence-corrected chi connectivity index (χ1v) is 8.31. The number of ether oxygens (including phenoxy) is 1. The molecule has 1 aliphatic heterocycles. The van der Waals surface area contributed by atoms with Gasteiger partial charge in [0.1, 0.15) is 11.1 Å². The van der Waals surface area contributed by atoms with Gasteiger partial charge in [-0.2, -0.15) is 0 Å². The van der Waals surface area contributed by atoms with Gasteiger partial charge in [-0.3, -0.25) is 9.59 Å². The molecule has 1 N–H and O–H groups in total. The van der Waals surface area contributed by atoms with E-state index in [2.05, 4.69) is 4.98 Å². The zero-order chi connectivity index (χ0) is 17.3. The van der Waals surface area contributed by atoms with Gasteiger partial charge in [0.15, 0.2) is 10.8 Å². The number of aliphatic carboxylic acids is 1. The van der Waals surface area contributed by atoms with Crippen molar-refractivity contribution in [2.75, 3.05) is 26.8 Å². The zero-order valence-corrected chi connectivity index (χ0v) is 14.3. The van der Waals surface area contributed by atoms with E-state index >= 15 is 0 Å². The third kappa shape index (κ3) is 2.83. The number of carbonyl (C=O) groups excluding carboxylic acids is 1. The van der Waals surface area contributed by atoms with Crippen LogP contribution in [0.25, 0.3) is 10.8 Å². The van der Waals surface area contributed by atoms with E-state index in [9.17, 15) is 14.7 Å². The third-order valence-electron chi connectivity index (χ3n) is 4.25. The summed E-state index contributed by atoms with van der Waals surface area (Å²) in [7, 11) is 1.47. The first-order chi connectivity index (χ1) is 11.5. The molecule has 0 aromatic carbocycles. The average molecular weight is 350 g/mol. The highest BCUT2D eigenvalue weighted by atomic mass is 32.1. The van der Waals surface area contributed by atoms with Crippen LogP contribution in [0.1, 0.15) is 21.8 Å². The minimum absolute atomic E-state index is 0.0831. The number of aryl methyl sites for hydroxylation is 1. The second-order valence-corrected chi connectivity index (χ2v) is 7.10. The Bertz CT molecular complexity index is 755. The lowest BCUT2D eigenvalue weighted by atomic mass is 9.88. The Balaban J connectivity index is 1.82. The molecule has 24 heavy (non-hydrogen) atoms. The standard InChI is InChI=1S/C16H18N2O5S/c1-10-12(17-13(24-10)11-4-3-7-23-11)14(19)18-6-5-16(8-18,9-22-2)15(20)21/h3-4,7H,5-6,8-9H2,1-2H3,(H,20,21). The number of furan rings is 1. The number of nitrogens with zero attached hydrogens (tertiary/aromatic N) is 2. The first-order valence-electron chi connectivity index (χ1n) is 7.50. The van der Waals surface area contributed by atoms with Crippen LogP contribution in [0.2, 0.25) is 0 Å². The fourth-order valence-electron chi connectivity index (χ4n) is 2.93. The summed E-state index contributed by atoms with van der Waals surface area (Å²) >= 11 is 1.38. The highest BCUT2D eigenvalue weighted by Crippen LogP contribution is 2.34. The molecule has 2 aromatic rings. The van der Waals surface area contributed by atoms with Crippen molar-refractivity contribution in [3.8, 4) is 10.8 Å². The van der Waals surface area contributed by atoms with Crippen LogP contribution in [0.15, 0.2) is 22.8 Å². The maximum absolute atomic E-state index is 12.8. The van der Waals surface area contributed by atoms with Crippen LogP contribution in [-0.4, -0.2) is 53.7 Å². The molecule has 1 atom stereocenters. The fourth-order valence-corrected chi connectivity index (χ4v) is 3.80. The molecular weight excluding hydrogens is 332 g/mol. The van der Waals surface area contributed by atoms with Crippen molar-refractivity contribution in [2.45, 2.75) is 13.3 Å². The number of aromatic nitrogens is 1. The van der Waals surface area contributed by atoms with E-state index in [1.165, 1.54) is 18.4 Å². The molecule has 1 aliphatic rings. The summed E-state index contributed by atoms with van der Waals surface area (Å²) in [6.07, 6.45) is 1.93. The maximum Gasteiger partial charge on any atom is 0.313 e.